The first kappa shape index (κ1) is 18.0. The smallest absolute Gasteiger partial charge is 0.125 e. The molecule has 0 bridgehead atoms. The molecule has 120 valence electrons. The van der Waals surface area contributed by atoms with Crippen molar-refractivity contribution in [2.45, 2.75) is 65.8 Å². The minimum absolute atomic E-state index is 0.231. The van der Waals surface area contributed by atoms with Crippen molar-refractivity contribution < 1.29 is 14.2 Å². The van der Waals surface area contributed by atoms with Gasteiger partial charge in [-0.25, -0.2) is 0 Å². The summed E-state index contributed by atoms with van der Waals surface area (Å²) in [5, 5.41) is 0. The second kappa shape index (κ2) is 7.81. The van der Waals surface area contributed by atoms with Crippen LogP contribution in [0.1, 0.15) is 63.6 Å². The molecule has 0 radical (unpaired) electrons. The van der Waals surface area contributed by atoms with E-state index in [1.807, 2.05) is 0 Å². The van der Waals surface area contributed by atoms with E-state index < -0.39 is 0 Å². The number of hydrogen-bond acceptors (Lipinski definition) is 3. The summed E-state index contributed by atoms with van der Waals surface area (Å²) < 4.78 is 16.8. The molecule has 21 heavy (non-hydrogen) atoms. The van der Waals surface area contributed by atoms with Gasteiger partial charge in [-0.3, -0.25) is 0 Å². The van der Waals surface area contributed by atoms with Gasteiger partial charge in [-0.15, -0.1) is 0 Å². The van der Waals surface area contributed by atoms with Gasteiger partial charge < -0.3 is 14.2 Å². The number of methoxy groups -OCH3 is 2. The fraction of sp³-hybridized carbons (Fsp3) is 0.667. The topological polar surface area (TPSA) is 27.7 Å². The van der Waals surface area contributed by atoms with Crippen LogP contribution in [0, 0.1) is 0 Å². The molecule has 1 unspecified atom stereocenters. The van der Waals surface area contributed by atoms with E-state index in [1.165, 1.54) is 11.1 Å². The lowest BCUT2D eigenvalue weighted by molar-refractivity contribution is 0.120. The molecule has 0 saturated heterocycles. The molecule has 0 aromatic heterocycles. The maximum absolute atomic E-state index is 6.11. The average molecular weight is 294 g/mol. The van der Waals surface area contributed by atoms with Crippen LogP contribution in [-0.4, -0.2) is 19.8 Å². The van der Waals surface area contributed by atoms with Crippen molar-refractivity contribution in [3.8, 4) is 5.75 Å². The Morgan fingerprint density at radius 3 is 2.05 bits per heavy atom. The zero-order chi connectivity index (χ0) is 16.0. The van der Waals surface area contributed by atoms with Gasteiger partial charge >= 0.3 is 0 Å². The molecule has 0 amide bonds. The lowest BCUT2D eigenvalue weighted by Gasteiger charge is -2.26. The van der Waals surface area contributed by atoms with Gasteiger partial charge in [-0.2, -0.15) is 0 Å². The predicted octanol–water partition coefficient (Wildman–Crippen LogP) is 4.67. The van der Waals surface area contributed by atoms with Crippen LogP contribution in [0.25, 0.3) is 0 Å². The van der Waals surface area contributed by atoms with Crippen molar-refractivity contribution in [2.24, 2.45) is 0 Å². The molecule has 0 saturated carbocycles. The van der Waals surface area contributed by atoms with Gasteiger partial charge in [0.15, 0.2) is 0 Å². The van der Waals surface area contributed by atoms with Crippen molar-refractivity contribution >= 4 is 0 Å². The first-order chi connectivity index (χ1) is 9.82. The van der Waals surface area contributed by atoms with Gasteiger partial charge in [0.25, 0.3) is 0 Å². The van der Waals surface area contributed by atoms with Crippen molar-refractivity contribution in [1.82, 2.24) is 0 Å². The SMILES string of the molecule is CCC(C)c1cc(COC)c(OC(C)(C)C)cc1COC. The lowest BCUT2D eigenvalue weighted by atomic mass is 9.91. The summed E-state index contributed by atoms with van der Waals surface area (Å²) in [6.07, 6.45) is 1.10. The molecule has 0 spiro atoms. The van der Waals surface area contributed by atoms with Crippen molar-refractivity contribution in [1.29, 1.82) is 0 Å². The third-order valence-corrected chi connectivity index (χ3v) is 3.48. The maximum Gasteiger partial charge on any atom is 0.125 e. The molecular weight excluding hydrogens is 264 g/mol. The quantitative estimate of drug-likeness (QED) is 0.731. The molecule has 1 atom stereocenters. The molecule has 1 aromatic rings. The summed E-state index contributed by atoms with van der Waals surface area (Å²) in [6.45, 7) is 11.8. The van der Waals surface area contributed by atoms with E-state index in [2.05, 4.69) is 46.8 Å². The number of benzene rings is 1. The van der Waals surface area contributed by atoms with Crippen LogP contribution in [-0.2, 0) is 22.7 Å². The Morgan fingerprint density at radius 1 is 1.00 bits per heavy atom. The monoisotopic (exact) mass is 294 g/mol. The summed E-state index contributed by atoms with van der Waals surface area (Å²) in [4.78, 5) is 0. The Kier molecular flexibility index (Phi) is 6.69. The Morgan fingerprint density at radius 2 is 1.57 bits per heavy atom. The Bertz CT molecular complexity index is 447. The molecule has 0 aliphatic carbocycles. The van der Waals surface area contributed by atoms with Crippen LogP contribution in [0.5, 0.6) is 5.75 Å². The first-order valence-corrected chi connectivity index (χ1v) is 7.65. The second-order valence-corrected chi connectivity index (χ2v) is 6.55. The molecule has 0 heterocycles. The van der Waals surface area contributed by atoms with Crippen LogP contribution < -0.4 is 4.74 Å². The van der Waals surface area contributed by atoms with Crippen LogP contribution in [0.3, 0.4) is 0 Å². The van der Waals surface area contributed by atoms with Gasteiger partial charge in [-0.05, 0) is 56.4 Å². The first-order valence-electron chi connectivity index (χ1n) is 7.65. The molecule has 0 aliphatic rings. The Balaban J connectivity index is 3.31. The van der Waals surface area contributed by atoms with Gasteiger partial charge in [-0.1, -0.05) is 13.8 Å². The maximum atomic E-state index is 6.11. The van der Waals surface area contributed by atoms with E-state index in [-0.39, 0.29) is 5.60 Å². The van der Waals surface area contributed by atoms with Crippen LogP contribution in [0.4, 0.5) is 0 Å². The lowest BCUT2D eigenvalue weighted by Crippen LogP contribution is -2.24. The van der Waals surface area contributed by atoms with Crippen LogP contribution in [0.15, 0.2) is 12.1 Å². The number of ether oxygens (including phenoxy) is 3. The zero-order valence-electron chi connectivity index (χ0n) is 14.6. The normalized spacial score (nSPS) is 13.3. The third kappa shape index (κ3) is 5.33. The Hall–Kier alpha value is -1.06. The van der Waals surface area contributed by atoms with Crippen molar-refractivity contribution in [3.63, 3.8) is 0 Å². The molecule has 1 rings (SSSR count). The fourth-order valence-corrected chi connectivity index (χ4v) is 2.34. The molecule has 0 fully saturated rings. The summed E-state index contributed by atoms with van der Waals surface area (Å²) in [5.41, 5.74) is 3.39. The van der Waals surface area contributed by atoms with E-state index in [0.717, 1.165) is 17.7 Å². The van der Waals surface area contributed by atoms with Crippen LogP contribution >= 0.6 is 0 Å². The van der Waals surface area contributed by atoms with E-state index >= 15 is 0 Å². The molecule has 0 aliphatic heterocycles. The summed E-state index contributed by atoms with van der Waals surface area (Å²) in [6, 6.07) is 4.33. The van der Waals surface area contributed by atoms with E-state index in [9.17, 15) is 0 Å². The summed E-state index contributed by atoms with van der Waals surface area (Å²) in [7, 11) is 3.45. The second-order valence-electron chi connectivity index (χ2n) is 6.55. The van der Waals surface area contributed by atoms with Gasteiger partial charge in [0.2, 0.25) is 0 Å². The minimum Gasteiger partial charge on any atom is -0.488 e. The van der Waals surface area contributed by atoms with Crippen molar-refractivity contribution in [3.05, 3.63) is 28.8 Å². The molecular formula is C18H30O3. The Labute approximate surface area is 129 Å². The molecule has 3 nitrogen and oxygen atoms in total. The minimum atomic E-state index is -0.231. The molecule has 1 aromatic carbocycles. The van der Waals surface area contributed by atoms with Gasteiger partial charge in [0.1, 0.15) is 11.4 Å². The highest BCUT2D eigenvalue weighted by Gasteiger charge is 2.19. The predicted molar refractivity (Wildman–Crippen MR) is 87.0 cm³/mol. The van der Waals surface area contributed by atoms with Crippen LogP contribution in [0.2, 0.25) is 0 Å². The molecule has 0 N–H and O–H groups in total. The highest BCUT2D eigenvalue weighted by Crippen LogP contribution is 2.32. The standard InChI is InChI=1S/C18H30O3/c1-8-13(2)16-9-15(12-20-7)17(21-18(3,4)5)10-14(16)11-19-6/h9-10,13H,8,11-12H2,1-7H3. The van der Waals surface area contributed by atoms with E-state index in [1.54, 1.807) is 14.2 Å². The largest absolute Gasteiger partial charge is 0.488 e. The average Bonchev–Trinajstić information content (AvgIpc) is 2.39. The summed E-state index contributed by atoms with van der Waals surface area (Å²) in [5.74, 6) is 1.39. The van der Waals surface area contributed by atoms with Crippen molar-refractivity contribution in [2.75, 3.05) is 14.2 Å². The fourth-order valence-electron chi connectivity index (χ4n) is 2.34. The third-order valence-electron chi connectivity index (χ3n) is 3.48. The van der Waals surface area contributed by atoms with E-state index in [4.69, 9.17) is 14.2 Å². The highest BCUT2D eigenvalue weighted by atomic mass is 16.5. The number of hydrogen-bond donors (Lipinski definition) is 0. The van der Waals surface area contributed by atoms with Gasteiger partial charge in [0, 0.05) is 19.8 Å². The van der Waals surface area contributed by atoms with Gasteiger partial charge in [0.05, 0.1) is 13.2 Å². The summed E-state index contributed by atoms with van der Waals surface area (Å²) >= 11 is 0. The zero-order valence-corrected chi connectivity index (χ0v) is 14.6. The highest BCUT2D eigenvalue weighted by molar-refractivity contribution is 5.44. The number of rotatable bonds is 7. The molecule has 3 heteroatoms. The van der Waals surface area contributed by atoms with E-state index in [0.29, 0.717) is 19.1 Å².